The van der Waals surface area contributed by atoms with Crippen molar-refractivity contribution in [3.8, 4) is 0 Å². The van der Waals surface area contributed by atoms with Gasteiger partial charge in [-0.05, 0) is 25.0 Å². The van der Waals surface area contributed by atoms with Crippen LogP contribution in [-0.2, 0) is 4.74 Å². The zero-order chi connectivity index (χ0) is 13.1. The van der Waals surface area contributed by atoms with E-state index in [1.54, 1.807) is 0 Å². The Hall–Kier alpha value is -1.75. The van der Waals surface area contributed by atoms with Crippen LogP contribution in [0.25, 0.3) is 0 Å². The van der Waals surface area contributed by atoms with E-state index in [4.69, 9.17) is 15.7 Å². The van der Waals surface area contributed by atoms with Gasteiger partial charge in [0.15, 0.2) is 5.84 Å². The van der Waals surface area contributed by atoms with E-state index in [0.29, 0.717) is 6.04 Å². The van der Waals surface area contributed by atoms with Crippen LogP contribution in [0, 0.1) is 6.92 Å². The Bertz CT molecular complexity index is 454. The van der Waals surface area contributed by atoms with Crippen LogP contribution in [0.2, 0.25) is 0 Å². The molecule has 1 aliphatic heterocycles. The van der Waals surface area contributed by atoms with Gasteiger partial charge in [0.1, 0.15) is 0 Å². The third-order valence-corrected chi connectivity index (χ3v) is 3.43. The molecule has 1 aliphatic rings. The van der Waals surface area contributed by atoms with Crippen LogP contribution < -0.4 is 10.6 Å². The molecule has 0 amide bonds. The summed E-state index contributed by atoms with van der Waals surface area (Å²) in [5.41, 5.74) is 8.61. The molecule has 1 aromatic rings. The molecule has 5 nitrogen and oxygen atoms in total. The van der Waals surface area contributed by atoms with Crippen LogP contribution in [0.5, 0.6) is 0 Å². The van der Waals surface area contributed by atoms with Gasteiger partial charge >= 0.3 is 0 Å². The minimum Gasteiger partial charge on any atom is -0.409 e. The molecule has 0 radical (unpaired) electrons. The Labute approximate surface area is 107 Å². The summed E-state index contributed by atoms with van der Waals surface area (Å²) >= 11 is 0. The summed E-state index contributed by atoms with van der Waals surface area (Å²) in [5.74, 6) is 0.138. The Morgan fingerprint density at radius 2 is 2.33 bits per heavy atom. The van der Waals surface area contributed by atoms with Gasteiger partial charge in [-0.2, -0.15) is 0 Å². The molecule has 1 fully saturated rings. The molecule has 0 bridgehead atoms. The van der Waals surface area contributed by atoms with Crippen molar-refractivity contribution in [1.82, 2.24) is 0 Å². The largest absolute Gasteiger partial charge is 0.409 e. The third kappa shape index (κ3) is 2.26. The van der Waals surface area contributed by atoms with E-state index >= 15 is 0 Å². The number of aryl methyl sites for hydroxylation is 1. The fourth-order valence-electron chi connectivity index (χ4n) is 2.40. The lowest BCUT2D eigenvalue weighted by Gasteiger charge is -2.29. The summed E-state index contributed by atoms with van der Waals surface area (Å²) in [6, 6.07) is 6.14. The van der Waals surface area contributed by atoms with Crippen molar-refractivity contribution < 1.29 is 9.94 Å². The van der Waals surface area contributed by atoms with Crippen LogP contribution in [0.3, 0.4) is 0 Å². The number of hydrogen-bond donors (Lipinski definition) is 2. The Kier molecular flexibility index (Phi) is 3.72. The van der Waals surface area contributed by atoms with Crippen molar-refractivity contribution in [2.75, 3.05) is 25.2 Å². The average Bonchev–Trinajstić information content (AvgIpc) is 2.90. The maximum absolute atomic E-state index is 8.87. The number of nitrogens with two attached hydrogens (primary N) is 1. The fourth-order valence-corrected chi connectivity index (χ4v) is 2.40. The second-order valence-corrected chi connectivity index (χ2v) is 4.58. The molecule has 0 aliphatic carbocycles. The number of oxime groups is 1. The van der Waals surface area contributed by atoms with Gasteiger partial charge < -0.3 is 20.6 Å². The van der Waals surface area contributed by atoms with Crippen LogP contribution in [0.4, 0.5) is 5.69 Å². The first-order chi connectivity index (χ1) is 8.65. The summed E-state index contributed by atoms with van der Waals surface area (Å²) in [6.45, 7) is 3.54. The number of benzene rings is 1. The molecule has 2 rings (SSSR count). The maximum atomic E-state index is 8.87. The average molecular weight is 249 g/mol. The normalized spacial score (nSPS) is 20.1. The zero-order valence-electron chi connectivity index (χ0n) is 10.8. The van der Waals surface area contributed by atoms with E-state index in [1.807, 2.05) is 32.2 Å². The highest BCUT2D eigenvalue weighted by Crippen LogP contribution is 2.27. The standard InChI is InChI=1S/C13H19N3O2/c1-9-4-3-5-11(13(14)15-17)12(9)16(2)10-6-7-18-8-10/h3-5,10,17H,6-8H2,1-2H3,(H2,14,15). The van der Waals surface area contributed by atoms with E-state index in [1.165, 1.54) is 0 Å². The maximum Gasteiger partial charge on any atom is 0.172 e. The number of likely N-dealkylation sites (N-methyl/N-ethyl adjacent to an activating group) is 1. The molecule has 1 aromatic carbocycles. The molecule has 0 aromatic heterocycles. The fraction of sp³-hybridized carbons (Fsp3) is 0.462. The highest BCUT2D eigenvalue weighted by molar-refractivity contribution is 6.02. The van der Waals surface area contributed by atoms with E-state index in [2.05, 4.69) is 10.1 Å². The van der Waals surface area contributed by atoms with Crippen molar-refractivity contribution in [3.05, 3.63) is 29.3 Å². The summed E-state index contributed by atoms with van der Waals surface area (Å²) in [7, 11) is 2.02. The highest BCUT2D eigenvalue weighted by atomic mass is 16.5. The SMILES string of the molecule is Cc1cccc(/C(N)=N/O)c1N(C)C1CCOC1. The first-order valence-corrected chi connectivity index (χ1v) is 6.03. The van der Waals surface area contributed by atoms with Crippen LogP contribution in [0.15, 0.2) is 23.4 Å². The lowest BCUT2D eigenvalue weighted by molar-refractivity contribution is 0.193. The molecule has 5 heteroatoms. The number of nitrogens with zero attached hydrogens (tertiary/aromatic N) is 2. The predicted molar refractivity (Wildman–Crippen MR) is 71.3 cm³/mol. The molecule has 0 spiro atoms. The van der Waals surface area contributed by atoms with Crippen molar-refractivity contribution >= 4 is 11.5 Å². The molecule has 1 atom stereocenters. The molecule has 1 saturated heterocycles. The molecule has 3 N–H and O–H groups in total. The molecule has 0 saturated carbocycles. The molecule has 98 valence electrons. The minimum absolute atomic E-state index is 0.138. The van der Waals surface area contributed by atoms with Gasteiger partial charge in [-0.1, -0.05) is 17.3 Å². The zero-order valence-corrected chi connectivity index (χ0v) is 10.8. The molecule has 1 heterocycles. The number of ether oxygens (including phenoxy) is 1. The van der Waals surface area contributed by atoms with E-state index in [-0.39, 0.29) is 5.84 Å². The Morgan fingerprint density at radius 1 is 1.56 bits per heavy atom. The van der Waals surface area contributed by atoms with Gasteiger partial charge in [0, 0.05) is 19.2 Å². The summed E-state index contributed by atoms with van der Waals surface area (Å²) in [6.07, 6.45) is 1.00. The summed E-state index contributed by atoms with van der Waals surface area (Å²) < 4.78 is 5.41. The van der Waals surface area contributed by atoms with Gasteiger partial charge in [0.2, 0.25) is 0 Å². The molecule has 1 unspecified atom stereocenters. The second-order valence-electron chi connectivity index (χ2n) is 4.58. The van der Waals surface area contributed by atoms with Gasteiger partial charge in [0.25, 0.3) is 0 Å². The quantitative estimate of drug-likeness (QED) is 0.367. The number of anilines is 1. The third-order valence-electron chi connectivity index (χ3n) is 3.43. The second kappa shape index (κ2) is 5.27. The number of para-hydroxylation sites is 1. The first-order valence-electron chi connectivity index (χ1n) is 6.03. The van der Waals surface area contributed by atoms with E-state index in [9.17, 15) is 0 Å². The van der Waals surface area contributed by atoms with Crippen molar-refractivity contribution in [3.63, 3.8) is 0 Å². The molecular formula is C13H19N3O2. The summed E-state index contributed by atoms with van der Waals surface area (Å²) in [4.78, 5) is 2.16. The van der Waals surface area contributed by atoms with Gasteiger partial charge in [-0.15, -0.1) is 0 Å². The van der Waals surface area contributed by atoms with Crippen molar-refractivity contribution in [1.29, 1.82) is 0 Å². The summed E-state index contributed by atoms with van der Waals surface area (Å²) in [5, 5.41) is 12.0. The lowest BCUT2D eigenvalue weighted by Crippen LogP contribution is -2.34. The lowest BCUT2D eigenvalue weighted by atomic mass is 10.0. The predicted octanol–water partition coefficient (Wildman–Crippen LogP) is 1.31. The Morgan fingerprint density at radius 3 is 2.94 bits per heavy atom. The van der Waals surface area contributed by atoms with Crippen molar-refractivity contribution in [2.24, 2.45) is 10.9 Å². The number of rotatable bonds is 3. The molecular weight excluding hydrogens is 230 g/mol. The van der Waals surface area contributed by atoms with Gasteiger partial charge in [-0.25, -0.2) is 0 Å². The number of amidine groups is 1. The smallest absolute Gasteiger partial charge is 0.172 e. The molecule has 18 heavy (non-hydrogen) atoms. The van der Waals surface area contributed by atoms with Crippen molar-refractivity contribution in [2.45, 2.75) is 19.4 Å². The van der Waals surface area contributed by atoms with Gasteiger partial charge in [0.05, 0.1) is 18.3 Å². The van der Waals surface area contributed by atoms with Crippen LogP contribution >= 0.6 is 0 Å². The Balaban J connectivity index is 2.41. The van der Waals surface area contributed by atoms with Crippen LogP contribution in [-0.4, -0.2) is 37.3 Å². The van der Waals surface area contributed by atoms with Crippen LogP contribution in [0.1, 0.15) is 17.5 Å². The number of hydrogen-bond acceptors (Lipinski definition) is 4. The topological polar surface area (TPSA) is 71.1 Å². The minimum atomic E-state index is 0.138. The van der Waals surface area contributed by atoms with E-state index < -0.39 is 0 Å². The highest BCUT2D eigenvalue weighted by Gasteiger charge is 2.24. The first kappa shape index (κ1) is 12.7. The van der Waals surface area contributed by atoms with E-state index in [0.717, 1.165) is 36.4 Å². The monoisotopic (exact) mass is 249 g/mol. The van der Waals surface area contributed by atoms with Gasteiger partial charge in [-0.3, -0.25) is 0 Å².